The molecule has 0 aliphatic rings. The summed E-state index contributed by atoms with van der Waals surface area (Å²) in [5.74, 6) is 0. The summed E-state index contributed by atoms with van der Waals surface area (Å²) in [5, 5.41) is 30.1. The molecule has 0 saturated heterocycles. The van der Waals surface area contributed by atoms with Gasteiger partial charge in [-0.25, -0.2) is 4.98 Å². The first-order valence-corrected chi connectivity index (χ1v) is 9.58. The topological polar surface area (TPSA) is 89.2 Å². The Kier molecular flexibility index (Phi) is 4.19. The molecule has 5 nitrogen and oxygen atoms in total. The predicted molar refractivity (Wildman–Crippen MR) is 118 cm³/mol. The molecular weight excluding hydrogens is 382 g/mol. The van der Waals surface area contributed by atoms with Crippen LogP contribution in [0.1, 0.15) is 16.8 Å². The summed E-state index contributed by atoms with van der Waals surface area (Å²) in [7, 11) is 0. The van der Waals surface area contributed by atoms with E-state index >= 15 is 0 Å². The van der Waals surface area contributed by atoms with Gasteiger partial charge in [0, 0.05) is 28.2 Å². The van der Waals surface area contributed by atoms with Gasteiger partial charge in [0.05, 0.1) is 34.3 Å². The number of nitrogens with zero attached hydrogens (tertiary/aromatic N) is 5. The molecule has 2 aromatic heterocycles. The van der Waals surface area contributed by atoms with Crippen LogP contribution in [0, 0.1) is 34.0 Å². The number of fused-ring (bicyclic) bond motifs is 3. The molecule has 2 heterocycles. The summed E-state index contributed by atoms with van der Waals surface area (Å²) in [6.07, 6.45) is 1.57. The largest absolute Gasteiger partial charge is 0.309 e. The van der Waals surface area contributed by atoms with Crippen LogP contribution < -0.4 is 0 Å². The molecule has 0 N–H and O–H groups in total. The van der Waals surface area contributed by atoms with Crippen LogP contribution in [-0.2, 0) is 0 Å². The van der Waals surface area contributed by atoms with Crippen LogP contribution in [0.5, 0.6) is 0 Å². The van der Waals surface area contributed by atoms with E-state index in [1.54, 1.807) is 6.20 Å². The number of hydrogen-bond acceptors (Lipinski definition) is 4. The maximum atomic E-state index is 9.57. The van der Waals surface area contributed by atoms with E-state index in [-0.39, 0.29) is 5.69 Å². The molecule has 3 aromatic carbocycles. The molecule has 0 unspecified atom stereocenters. The fourth-order valence-corrected chi connectivity index (χ4v) is 3.97. The smallest absolute Gasteiger partial charge is 0.141 e. The summed E-state index contributed by atoms with van der Waals surface area (Å²) in [6.45, 7) is 0. The van der Waals surface area contributed by atoms with Gasteiger partial charge in [0.15, 0.2) is 0 Å². The highest BCUT2D eigenvalue weighted by atomic mass is 15.0. The number of aromatic nitrogens is 2. The highest BCUT2D eigenvalue weighted by molar-refractivity contribution is 6.09. The zero-order chi connectivity index (χ0) is 21.4. The molecule has 0 atom stereocenters. The lowest BCUT2D eigenvalue weighted by Crippen LogP contribution is -1.95. The minimum atomic E-state index is 0.215. The Hall–Kier alpha value is -4.92. The van der Waals surface area contributed by atoms with Gasteiger partial charge in [0.1, 0.15) is 11.8 Å². The van der Waals surface area contributed by atoms with Gasteiger partial charge < -0.3 is 4.57 Å². The second-order valence-electron chi connectivity index (χ2n) is 7.09. The highest BCUT2D eigenvalue weighted by Crippen LogP contribution is 2.34. The molecule has 0 fully saturated rings. The molecule has 0 bridgehead atoms. The van der Waals surface area contributed by atoms with E-state index in [1.165, 1.54) is 6.07 Å². The first-order valence-electron chi connectivity index (χ1n) is 9.58. The number of rotatable bonds is 2. The van der Waals surface area contributed by atoms with Gasteiger partial charge in [-0.15, -0.1) is 0 Å². The Balaban J connectivity index is 1.77. The van der Waals surface area contributed by atoms with E-state index in [0.29, 0.717) is 16.7 Å². The zero-order valence-corrected chi connectivity index (χ0v) is 16.2. The molecule has 5 heteroatoms. The Morgan fingerprint density at radius 3 is 2.35 bits per heavy atom. The van der Waals surface area contributed by atoms with E-state index < -0.39 is 0 Å². The Bertz CT molecular complexity index is 1620. The number of pyridine rings is 1. The summed E-state index contributed by atoms with van der Waals surface area (Å²) >= 11 is 0. The minimum Gasteiger partial charge on any atom is -0.309 e. The van der Waals surface area contributed by atoms with Crippen LogP contribution in [0.4, 0.5) is 0 Å². The van der Waals surface area contributed by atoms with Gasteiger partial charge in [-0.05, 0) is 48.0 Å². The van der Waals surface area contributed by atoms with Gasteiger partial charge in [0.25, 0.3) is 0 Å². The summed E-state index contributed by atoms with van der Waals surface area (Å²) in [6, 6.07) is 29.5. The first-order chi connectivity index (χ1) is 15.2. The molecule has 31 heavy (non-hydrogen) atoms. The first kappa shape index (κ1) is 18.1. The SMILES string of the molecule is N#Cc1ccc2c(c1)c1ccccc1n2-c1cccc(-c2cnc(C#N)cc2C#N)c1. The Labute approximate surface area is 178 Å². The van der Waals surface area contributed by atoms with Crippen molar-refractivity contribution in [3.63, 3.8) is 0 Å². The van der Waals surface area contributed by atoms with Crippen molar-refractivity contribution in [1.29, 1.82) is 15.8 Å². The molecule has 0 aliphatic carbocycles. The van der Waals surface area contributed by atoms with E-state index in [9.17, 15) is 10.5 Å². The number of hydrogen-bond donors (Lipinski definition) is 0. The lowest BCUT2D eigenvalue weighted by atomic mass is 10.0. The molecule has 0 aliphatic heterocycles. The highest BCUT2D eigenvalue weighted by Gasteiger charge is 2.14. The van der Waals surface area contributed by atoms with Crippen LogP contribution in [-0.4, -0.2) is 9.55 Å². The van der Waals surface area contributed by atoms with Crippen LogP contribution in [0.15, 0.2) is 79.0 Å². The average Bonchev–Trinajstić information content (AvgIpc) is 3.17. The Morgan fingerprint density at radius 1 is 0.710 bits per heavy atom. The van der Waals surface area contributed by atoms with E-state index in [2.05, 4.69) is 33.8 Å². The molecule has 5 rings (SSSR count). The van der Waals surface area contributed by atoms with Crippen LogP contribution >= 0.6 is 0 Å². The van der Waals surface area contributed by atoms with Crippen molar-refractivity contribution in [3.8, 4) is 35.0 Å². The molecule has 0 radical (unpaired) electrons. The third-order valence-electron chi connectivity index (χ3n) is 5.36. The molecule has 0 spiro atoms. The fourth-order valence-electron chi connectivity index (χ4n) is 3.97. The molecule has 142 valence electrons. The molecular formula is C26H13N5. The van der Waals surface area contributed by atoms with Gasteiger partial charge in [-0.2, -0.15) is 15.8 Å². The van der Waals surface area contributed by atoms with Gasteiger partial charge in [-0.1, -0.05) is 30.3 Å². The minimum absolute atomic E-state index is 0.215. The van der Waals surface area contributed by atoms with Gasteiger partial charge >= 0.3 is 0 Å². The monoisotopic (exact) mass is 395 g/mol. The van der Waals surface area contributed by atoms with Crippen molar-refractivity contribution in [3.05, 3.63) is 95.8 Å². The quantitative estimate of drug-likeness (QED) is 0.397. The zero-order valence-electron chi connectivity index (χ0n) is 16.2. The second-order valence-corrected chi connectivity index (χ2v) is 7.09. The lowest BCUT2D eigenvalue weighted by molar-refractivity contribution is 1.18. The summed E-state index contributed by atoms with van der Waals surface area (Å²) in [5.41, 5.74) is 5.71. The van der Waals surface area contributed by atoms with Gasteiger partial charge in [0.2, 0.25) is 0 Å². The standard InChI is InChI=1S/C26H13N5/c27-13-17-8-9-26-23(10-17)22-6-1-2-7-25(22)31(26)21-5-3-4-18(12-21)24-16-30-20(15-29)11-19(24)14-28/h1-12,16H. The van der Waals surface area contributed by atoms with Crippen molar-refractivity contribution in [2.24, 2.45) is 0 Å². The van der Waals surface area contributed by atoms with Crippen molar-refractivity contribution in [2.75, 3.05) is 0 Å². The number of nitriles is 3. The molecule has 0 amide bonds. The van der Waals surface area contributed by atoms with Gasteiger partial charge in [-0.3, -0.25) is 0 Å². The molecule has 5 aromatic rings. The summed E-state index contributed by atoms with van der Waals surface area (Å²) < 4.78 is 2.15. The van der Waals surface area contributed by atoms with Crippen LogP contribution in [0.2, 0.25) is 0 Å². The molecule has 0 saturated carbocycles. The fraction of sp³-hybridized carbons (Fsp3) is 0. The predicted octanol–water partition coefficient (Wildman–Crippen LogP) is 5.46. The van der Waals surface area contributed by atoms with E-state index in [0.717, 1.165) is 33.1 Å². The maximum absolute atomic E-state index is 9.57. The van der Waals surface area contributed by atoms with Crippen molar-refractivity contribution < 1.29 is 0 Å². The lowest BCUT2D eigenvalue weighted by Gasteiger charge is -2.11. The summed E-state index contributed by atoms with van der Waals surface area (Å²) in [4.78, 5) is 4.14. The number of benzene rings is 3. The normalized spacial score (nSPS) is 10.5. The third-order valence-corrected chi connectivity index (χ3v) is 5.36. The average molecular weight is 395 g/mol. The van der Waals surface area contributed by atoms with Crippen molar-refractivity contribution in [1.82, 2.24) is 9.55 Å². The van der Waals surface area contributed by atoms with E-state index in [4.69, 9.17) is 5.26 Å². The van der Waals surface area contributed by atoms with Crippen LogP contribution in [0.25, 0.3) is 38.6 Å². The van der Waals surface area contributed by atoms with Crippen LogP contribution in [0.3, 0.4) is 0 Å². The number of para-hydroxylation sites is 1. The van der Waals surface area contributed by atoms with E-state index in [1.807, 2.05) is 60.7 Å². The third kappa shape index (κ3) is 2.88. The van der Waals surface area contributed by atoms with Crippen molar-refractivity contribution >= 4 is 21.8 Å². The van der Waals surface area contributed by atoms with Crippen molar-refractivity contribution in [2.45, 2.75) is 0 Å². The Morgan fingerprint density at radius 2 is 1.55 bits per heavy atom. The maximum Gasteiger partial charge on any atom is 0.141 e. The second kappa shape index (κ2) is 7.16.